The van der Waals surface area contributed by atoms with Crippen LogP contribution in [0.3, 0.4) is 0 Å². The molecule has 1 aromatic rings. The molecule has 1 aromatic heterocycles. The van der Waals surface area contributed by atoms with Crippen molar-refractivity contribution in [2.45, 2.75) is 36.7 Å². The molecule has 0 aliphatic carbocycles. The average molecular weight is 391 g/mol. The van der Waals surface area contributed by atoms with Crippen LogP contribution in [0, 0.1) is 6.92 Å². The third kappa shape index (κ3) is 3.90. The van der Waals surface area contributed by atoms with Crippen molar-refractivity contribution < 1.29 is 4.74 Å². The summed E-state index contributed by atoms with van der Waals surface area (Å²) in [4.78, 5) is 4.47. The number of nitrogens with zero attached hydrogens (tertiary/aromatic N) is 2. The molecule has 0 aromatic carbocycles. The van der Waals surface area contributed by atoms with E-state index in [1.807, 2.05) is 11.2 Å². The topological polar surface area (TPSA) is 37.4 Å². The highest BCUT2D eigenvalue weighted by Gasteiger charge is 2.28. The fraction of sp³-hybridized carbons (Fsp3) is 0.615. The van der Waals surface area contributed by atoms with Gasteiger partial charge >= 0.3 is 0 Å². The number of hydrazine groups is 1. The van der Waals surface area contributed by atoms with Crippen LogP contribution in [0.4, 0.5) is 5.82 Å². The van der Waals surface area contributed by atoms with E-state index < -0.39 is 8.07 Å². The first kappa shape index (κ1) is 15.2. The summed E-state index contributed by atoms with van der Waals surface area (Å²) < 4.78 is 6.07. The molecule has 0 radical (unpaired) electrons. The summed E-state index contributed by atoms with van der Waals surface area (Å²) >= 11 is 2.40. The van der Waals surface area contributed by atoms with Crippen molar-refractivity contribution >= 4 is 36.5 Å². The predicted molar refractivity (Wildman–Crippen MR) is 90.3 cm³/mol. The molecule has 106 valence electrons. The minimum absolute atomic E-state index is 0.280. The highest BCUT2D eigenvalue weighted by atomic mass is 127. The van der Waals surface area contributed by atoms with Crippen molar-refractivity contribution in [3.05, 3.63) is 23.4 Å². The van der Waals surface area contributed by atoms with Crippen LogP contribution in [-0.4, -0.2) is 26.4 Å². The van der Waals surface area contributed by atoms with Crippen LogP contribution in [0.1, 0.15) is 15.2 Å². The second kappa shape index (κ2) is 6.07. The molecule has 1 atom stereocenters. The van der Waals surface area contributed by atoms with Gasteiger partial charge < -0.3 is 4.74 Å². The molecule has 0 amide bonds. The van der Waals surface area contributed by atoms with Gasteiger partial charge in [0.05, 0.1) is 0 Å². The number of hydrogen-bond donors (Lipinski definition) is 1. The van der Waals surface area contributed by atoms with E-state index >= 15 is 0 Å². The fourth-order valence-electron chi connectivity index (χ4n) is 1.98. The molecular formula is C13H22IN3OSi. The maximum Gasteiger partial charge on any atom is 0.150 e. The Kier molecular flexibility index (Phi) is 4.86. The number of ether oxygens (including phenoxy) is 1. The Bertz CT molecular complexity index is 450. The molecule has 19 heavy (non-hydrogen) atoms. The van der Waals surface area contributed by atoms with Crippen molar-refractivity contribution in [3.63, 3.8) is 0 Å². The molecule has 0 saturated carbocycles. The molecule has 2 rings (SSSR count). The maximum absolute atomic E-state index is 5.79. The standard InChI is InChI=1S/C13H22IN3OSi/c1-10-5-6-15-13-11(10)12(14)16-17(13)9-18-7-8-19(2,3)4/h5-6,12,16H,7-9H2,1-4H3. The molecule has 1 N–H and O–H groups in total. The Hall–Kier alpha value is -0.183. The van der Waals surface area contributed by atoms with E-state index in [2.05, 4.69) is 65.6 Å². The molecule has 1 aliphatic heterocycles. The van der Waals surface area contributed by atoms with Crippen molar-refractivity contribution in [1.29, 1.82) is 0 Å². The normalized spacial score (nSPS) is 18.8. The first-order valence-electron chi connectivity index (χ1n) is 6.59. The zero-order chi connectivity index (χ0) is 14.0. The van der Waals surface area contributed by atoms with E-state index in [-0.39, 0.29) is 4.05 Å². The lowest BCUT2D eigenvalue weighted by atomic mass is 10.1. The Balaban J connectivity index is 1.93. The van der Waals surface area contributed by atoms with Gasteiger partial charge in [-0.3, -0.25) is 5.01 Å². The van der Waals surface area contributed by atoms with Gasteiger partial charge in [-0.1, -0.05) is 42.2 Å². The van der Waals surface area contributed by atoms with Gasteiger partial charge in [-0.2, -0.15) is 0 Å². The monoisotopic (exact) mass is 391 g/mol. The summed E-state index contributed by atoms with van der Waals surface area (Å²) in [7, 11) is -1.01. The van der Waals surface area contributed by atoms with Crippen molar-refractivity contribution in [2.75, 3.05) is 18.3 Å². The van der Waals surface area contributed by atoms with Crippen LogP contribution in [0.25, 0.3) is 0 Å². The molecular weight excluding hydrogens is 369 g/mol. The van der Waals surface area contributed by atoms with Gasteiger partial charge in [0.25, 0.3) is 0 Å². The Labute approximate surface area is 130 Å². The van der Waals surface area contributed by atoms with Crippen LogP contribution < -0.4 is 10.4 Å². The summed E-state index contributed by atoms with van der Waals surface area (Å²) in [5, 5.41) is 2.02. The molecule has 0 saturated heterocycles. The Morgan fingerprint density at radius 3 is 2.89 bits per heavy atom. The van der Waals surface area contributed by atoms with Gasteiger partial charge in [-0.05, 0) is 24.6 Å². The zero-order valence-corrected chi connectivity index (χ0v) is 15.2. The first-order chi connectivity index (χ1) is 8.88. The lowest BCUT2D eigenvalue weighted by Crippen LogP contribution is -2.36. The van der Waals surface area contributed by atoms with Crippen LogP contribution in [0.15, 0.2) is 12.3 Å². The van der Waals surface area contributed by atoms with Crippen LogP contribution in [0.5, 0.6) is 0 Å². The van der Waals surface area contributed by atoms with E-state index in [1.54, 1.807) is 0 Å². The number of alkyl halides is 1. The van der Waals surface area contributed by atoms with Crippen LogP contribution >= 0.6 is 22.6 Å². The minimum atomic E-state index is -1.01. The molecule has 1 aliphatic rings. The van der Waals surface area contributed by atoms with Gasteiger partial charge in [0.2, 0.25) is 0 Å². The molecule has 4 nitrogen and oxygen atoms in total. The van der Waals surface area contributed by atoms with Gasteiger partial charge in [0, 0.05) is 26.4 Å². The average Bonchev–Trinajstić information content (AvgIpc) is 2.62. The fourth-order valence-corrected chi connectivity index (χ4v) is 3.84. The van der Waals surface area contributed by atoms with Crippen molar-refractivity contribution in [2.24, 2.45) is 0 Å². The Morgan fingerprint density at radius 1 is 1.47 bits per heavy atom. The number of fused-ring (bicyclic) bond motifs is 1. The lowest BCUT2D eigenvalue weighted by molar-refractivity contribution is 0.140. The highest BCUT2D eigenvalue weighted by molar-refractivity contribution is 14.1. The van der Waals surface area contributed by atoms with E-state index in [9.17, 15) is 0 Å². The third-order valence-electron chi connectivity index (χ3n) is 3.18. The SMILES string of the molecule is Cc1ccnc2c1C(I)NN2COCC[Si](C)(C)C. The number of aromatic nitrogens is 1. The summed E-state index contributed by atoms with van der Waals surface area (Å²) in [6.45, 7) is 10.6. The minimum Gasteiger partial charge on any atom is -0.360 e. The number of halogens is 1. The molecule has 0 bridgehead atoms. The van der Waals surface area contributed by atoms with E-state index in [0.29, 0.717) is 6.73 Å². The Morgan fingerprint density at radius 2 is 2.21 bits per heavy atom. The van der Waals surface area contributed by atoms with Gasteiger partial charge in [-0.15, -0.1) is 0 Å². The number of aryl methyl sites for hydroxylation is 1. The summed E-state index contributed by atoms with van der Waals surface area (Å²) in [6.07, 6.45) is 1.86. The quantitative estimate of drug-likeness (QED) is 0.274. The number of nitrogens with one attached hydrogen (secondary N) is 1. The summed E-state index contributed by atoms with van der Waals surface area (Å²) in [5.74, 6) is 1.01. The maximum atomic E-state index is 5.79. The van der Waals surface area contributed by atoms with E-state index in [0.717, 1.165) is 12.4 Å². The van der Waals surface area contributed by atoms with Crippen molar-refractivity contribution in [1.82, 2.24) is 10.4 Å². The number of hydrogen-bond acceptors (Lipinski definition) is 4. The number of anilines is 1. The molecule has 1 unspecified atom stereocenters. The van der Waals surface area contributed by atoms with E-state index in [1.165, 1.54) is 17.2 Å². The van der Waals surface area contributed by atoms with Crippen LogP contribution in [0.2, 0.25) is 25.7 Å². The molecule has 6 heteroatoms. The van der Waals surface area contributed by atoms with E-state index in [4.69, 9.17) is 4.74 Å². The highest BCUT2D eigenvalue weighted by Crippen LogP contribution is 2.36. The van der Waals surface area contributed by atoms with Gasteiger partial charge in [0.15, 0.2) is 5.82 Å². The number of rotatable bonds is 5. The smallest absolute Gasteiger partial charge is 0.150 e. The van der Waals surface area contributed by atoms with Crippen LogP contribution in [-0.2, 0) is 4.74 Å². The molecule has 0 spiro atoms. The van der Waals surface area contributed by atoms with Gasteiger partial charge in [-0.25, -0.2) is 10.4 Å². The van der Waals surface area contributed by atoms with Crippen molar-refractivity contribution in [3.8, 4) is 0 Å². The summed E-state index contributed by atoms with van der Waals surface area (Å²) in [6, 6.07) is 3.25. The second-order valence-corrected chi connectivity index (χ2v) is 13.0. The summed E-state index contributed by atoms with van der Waals surface area (Å²) in [5.41, 5.74) is 5.96. The van der Waals surface area contributed by atoms with Gasteiger partial charge in [0.1, 0.15) is 10.8 Å². The predicted octanol–water partition coefficient (Wildman–Crippen LogP) is 3.46. The molecule has 0 fully saturated rings. The third-order valence-corrected chi connectivity index (χ3v) is 5.79. The largest absolute Gasteiger partial charge is 0.360 e. The number of pyridine rings is 1. The first-order valence-corrected chi connectivity index (χ1v) is 11.5. The zero-order valence-electron chi connectivity index (χ0n) is 12.0. The lowest BCUT2D eigenvalue weighted by Gasteiger charge is -2.20. The second-order valence-electron chi connectivity index (χ2n) is 6.13. The molecule has 2 heterocycles.